The third-order valence-corrected chi connectivity index (χ3v) is 5.18. The Morgan fingerprint density at radius 2 is 2.26 bits per heavy atom. The van der Waals surface area contributed by atoms with Gasteiger partial charge in [0.15, 0.2) is 11.5 Å². The van der Waals surface area contributed by atoms with Crippen molar-refractivity contribution in [3.05, 3.63) is 26.2 Å². The average molecular weight is 464 g/mol. The van der Waals surface area contributed by atoms with Gasteiger partial charge in [0, 0.05) is 18.9 Å². The van der Waals surface area contributed by atoms with Crippen LogP contribution < -0.4 is 9.84 Å². The van der Waals surface area contributed by atoms with Crippen molar-refractivity contribution < 1.29 is 24.5 Å². The summed E-state index contributed by atoms with van der Waals surface area (Å²) in [4.78, 5) is 24.4. The van der Waals surface area contributed by atoms with E-state index in [0.717, 1.165) is 11.8 Å². The van der Waals surface area contributed by atoms with Crippen LogP contribution in [-0.4, -0.2) is 39.9 Å². The SMILES string of the molecule is COc1cc(/C=C2\SC(=S)N(CCC(=O)[O-])C2=O)cc(I)c1O. The van der Waals surface area contributed by atoms with Crippen LogP contribution in [0.4, 0.5) is 0 Å². The Kier molecular flexibility index (Phi) is 5.87. The lowest BCUT2D eigenvalue weighted by Gasteiger charge is -2.14. The fraction of sp³-hybridized carbons (Fsp3) is 0.214. The molecule has 1 aromatic carbocycles. The molecule has 0 saturated carbocycles. The maximum atomic E-state index is 12.3. The number of aliphatic carboxylic acids is 1. The third kappa shape index (κ3) is 4.15. The first-order chi connectivity index (χ1) is 10.8. The van der Waals surface area contributed by atoms with Crippen molar-refractivity contribution in [3.63, 3.8) is 0 Å². The lowest BCUT2D eigenvalue weighted by Crippen LogP contribution is -2.33. The molecular formula is C14H11INO5S2-. The fourth-order valence-electron chi connectivity index (χ4n) is 1.88. The first-order valence-corrected chi connectivity index (χ1v) is 8.65. The number of aromatic hydroxyl groups is 1. The highest BCUT2D eigenvalue weighted by molar-refractivity contribution is 14.1. The molecule has 0 bridgehead atoms. The minimum absolute atomic E-state index is 0.0131. The molecule has 1 saturated heterocycles. The van der Waals surface area contributed by atoms with Crippen LogP contribution in [0, 0.1) is 3.57 Å². The van der Waals surface area contributed by atoms with Gasteiger partial charge in [-0.3, -0.25) is 9.69 Å². The van der Waals surface area contributed by atoms with E-state index in [2.05, 4.69) is 0 Å². The number of amides is 1. The van der Waals surface area contributed by atoms with E-state index in [9.17, 15) is 19.8 Å². The van der Waals surface area contributed by atoms with E-state index in [1.165, 1.54) is 12.0 Å². The van der Waals surface area contributed by atoms with Gasteiger partial charge in [0.1, 0.15) is 4.32 Å². The number of methoxy groups -OCH3 is 1. The summed E-state index contributed by atoms with van der Waals surface area (Å²) in [6, 6.07) is 3.30. The molecule has 0 aliphatic carbocycles. The van der Waals surface area contributed by atoms with Gasteiger partial charge in [0.2, 0.25) is 0 Å². The van der Waals surface area contributed by atoms with Gasteiger partial charge in [-0.1, -0.05) is 24.0 Å². The second-order valence-electron chi connectivity index (χ2n) is 4.51. The van der Waals surface area contributed by atoms with Gasteiger partial charge in [-0.05, 0) is 46.4 Å². The van der Waals surface area contributed by atoms with Gasteiger partial charge >= 0.3 is 0 Å². The van der Waals surface area contributed by atoms with Gasteiger partial charge in [-0.15, -0.1) is 0 Å². The Hall–Kier alpha value is -1.33. The highest BCUT2D eigenvalue weighted by Gasteiger charge is 2.31. The van der Waals surface area contributed by atoms with Crippen molar-refractivity contribution in [2.75, 3.05) is 13.7 Å². The van der Waals surface area contributed by atoms with Crippen LogP contribution in [0.3, 0.4) is 0 Å². The number of halogens is 1. The molecule has 1 fully saturated rings. The molecule has 6 nitrogen and oxygen atoms in total. The van der Waals surface area contributed by atoms with E-state index in [4.69, 9.17) is 17.0 Å². The number of carbonyl (C=O) groups is 2. The molecule has 0 atom stereocenters. The molecule has 1 N–H and O–H groups in total. The number of hydrogen-bond donors (Lipinski definition) is 1. The normalized spacial score (nSPS) is 16.3. The summed E-state index contributed by atoms with van der Waals surface area (Å²) < 4.78 is 5.97. The van der Waals surface area contributed by atoms with E-state index < -0.39 is 5.97 Å². The summed E-state index contributed by atoms with van der Waals surface area (Å²) in [5, 5.41) is 20.4. The number of phenols is 1. The van der Waals surface area contributed by atoms with Crippen LogP contribution in [-0.2, 0) is 9.59 Å². The van der Waals surface area contributed by atoms with E-state index in [-0.39, 0.29) is 24.6 Å². The largest absolute Gasteiger partial charge is 0.550 e. The number of rotatable bonds is 5. The molecule has 23 heavy (non-hydrogen) atoms. The van der Waals surface area contributed by atoms with Crippen molar-refractivity contribution in [1.82, 2.24) is 4.90 Å². The average Bonchev–Trinajstić information content (AvgIpc) is 2.74. The molecule has 0 unspecified atom stereocenters. The van der Waals surface area contributed by atoms with Crippen molar-refractivity contribution >= 4 is 68.8 Å². The molecule has 1 amide bonds. The topological polar surface area (TPSA) is 89.9 Å². The van der Waals surface area contributed by atoms with Crippen LogP contribution in [0.1, 0.15) is 12.0 Å². The predicted octanol–water partition coefficient (Wildman–Crippen LogP) is 1.35. The number of ether oxygens (including phenoxy) is 1. The second-order valence-corrected chi connectivity index (χ2v) is 7.35. The minimum Gasteiger partial charge on any atom is -0.550 e. The zero-order valence-electron chi connectivity index (χ0n) is 11.9. The van der Waals surface area contributed by atoms with E-state index in [1.54, 1.807) is 18.2 Å². The van der Waals surface area contributed by atoms with Crippen molar-refractivity contribution in [2.45, 2.75) is 6.42 Å². The van der Waals surface area contributed by atoms with Crippen molar-refractivity contribution in [2.24, 2.45) is 0 Å². The highest BCUT2D eigenvalue weighted by atomic mass is 127. The zero-order chi connectivity index (χ0) is 17.1. The summed E-state index contributed by atoms with van der Waals surface area (Å²) in [6.45, 7) is -0.0131. The Labute approximate surface area is 155 Å². The number of nitrogens with zero attached hydrogens (tertiary/aromatic N) is 1. The Bertz CT molecular complexity index is 719. The minimum atomic E-state index is -1.24. The second kappa shape index (κ2) is 7.49. The quantitative estimate of drug-likeness (QED) is 0.400. The molecular weight excluding hydrogens is 453 g/mol. The number of phenolic OH excluding ortho intramolecular Hbond substituents is 1. The van der Waals surface area contributed by atoms with E-state index in [0.29, 0.717) is 24.1 Å². The predicted molar refractivity (Wildman–Crippen MR) is 96.9 cm³/mol. The standard InChI is InChI=1S/C14H12INO5S2/c1-21-9-5-7(4-8(15)12(9)19)6-10-13(20)16(14(22)23-10)3-2-11(17)18/h4-6,19H,2-3H2,1H3,(H,17,18)/p-1/b10-6-. The maximum Gasteiger partial charge on any atom is 0.266 e. The smallest absolute Gasteiger partial charge is 0.266 e. The number of benzene rings is 1. The summed E-state index contributed by atoms with van der Waals surface area (Å²) in [5.74, 6) is -1.24. The fourth-order valence-corrected chi connectivity index (χ4v) is 3.81. The molecule has 0 aromatic heterocycles. The van der Waals surface area contributed by atoms with Crippen LogP contribution in [0.2, 0.25) is 0 Å². The maximum absolute atomic E-state index is 12.3. The molecule has 122 valence electrons. The molecule has 2 rings (SSSR count). The first-order valence-electron chi connectivity index (χ1n) is 6.35. The van der Waals surface area contributed by atoms with Crippen LogP contribution >= 0.6 is 46.6 Å². The molecule has 9 heteroatoms. The summed E-state index contributed by atoms with van der Waals surface area (Å²) >= 11 is 8.17. The number of carboxylic acid groups (broad SMARTS) is 1. The number of thioether (sulfide) groups is 1. The van der Waals surface area contributed by atoms with Crippen LogP contribution in [0.15, 0.2) is 17.0 Å². The Balaban J connectivity index is 2.27. The van der Waals surface area contributed by atoms with Gasteiger partial charge in [-0.2, -0.15) is 0 Å². The first kappa shape index (κ1) is 18.0. The number of carbonyl (C=O) groups excluding carboxylic acids is 2. The number of carboxylic acids is 1. The molecule has 1 aliphatic rings. The van der Waals surface area contributed by atoms with Crippen molar-refractivity contribution in [3.8, 4) is 11.5 Å². The van der Waals surface area contributed by atoms with Gasteiger partial charge in [0.05, 0.1) is 15.6 Å². The van der Waals surface area contributed by atoms with Gasteiger partial charge < -0.3 is 19.7 Å². The lowest BCUT2D eigenvalue weighted by molar-refractivity contribution is -0.305. The van der Waals surface area contributed by atoms with E-state index >= 15 is 0 Å². The Morgan fingerprint density at radius 3 is 2.87 bits per heavy atom. The summed E-state index contributed by atoms with van der Waals surface area (Å²) in [7, 11) is 1.44. The molecule has 1 aromatic rings. The van der Waals surface area contributed by atoms with Gasteiger partial charge in [0.25, 0.3) is 5.91 Å². The molecule has 1 aliphatic heterocycles. The highest BCUT2D eigenvalue weighted by Crippen LogP contribution is 2.36. The monoisotopic (exact) mass is 464 g/mol. The van der Waals surface area contributed by atoms with Gasteiger partial charge in [-0.25, -0.2) is 0 Å². The number of hydrogen-bond acceptors (Lipinski definition) is 7. The molecule has 0 spiro atoms. The van der Waals surface area contributed by atoms with Crippen LogP contribution in [0.25, 0.3) is 6.08 Å². The number of thiocarbonyl (C=S) groups is 1. The van der Waals surface area contributed by atoms with Crippen molar-refractivity contribution in [1.29, 1.82) is 0 Å². The zero-order valence-corrected chi connectivity index (χ0v) is 15.7. The lowest BCUT2D eigenvalue weighted by atomic mass is 10.2. The van der Waals surface area contributed by atoms with Crippen LogP contribution in [0.5, 0.6) is 11.5 Å². The third-order valence-electron chi connectivity index (χ3n) is 2.98. The Morgan fingerprint density at radius 1 is 1.57 bits per heavy atom. The van der Waals surface area contributed by atoms with E-state index in [1.807, 2.05) is 22.6 Å². The molecule has 1 heterocycles. The molecule has 0 radical (unpaired) electrons. The summed E-state index contributed by atoms with van der Waals surface area (Å²) in [6.07, 6.45) is 1.35. The summed E-state index contributed by atoms with van der Waals surface area (Å²) in [5.41, 5.74) is 0.671.